The molecule has 3 N–H and O–H groups in total. The van der Waals surface area contributed by atoms with Crippen molar-refractivity contribution in [3.05, 3.63) is 53.6 Å². The molecule has 0 aliphatic heterocycles. The van der Waals surface area contributed by atoms with E-state index in [1.807, 2.05) is 0 Å². The van der Waals surface area contributed by atoms with Crippen LogP contribution in [0, 0.1) is 11.3 Å². The summed E-state index contributed by atoms with van der Waals surface area (Å²) in [5.74, 6) is 0.262. The molecular weight excluding hydrogens is 266 g/mol. The lowest BCUT2D eigenvalue weighted by atomic mass is 10.1. The van der Waals surface area contributed by atoms with Crippen molar-refractivity contribution in [3.8, 4) is 11.8 Å². The van der Waals surface area contributed by atoms with E-state index in [9.17, 15) is 4.79 Å². The van der Waals surface area contributed by atoms with E-state index in [4.69, 9.17) is 15.7 Å². The first-order valence-electron chi connectivity index (χ1n) is 6.34. The van der Waals surface area contributed by atoms with E-state index in [0.29, 0.717) is 29.1 Å². The third-order valence-corrected chi connectivity index (χ3v) is 2.92. The summed E-state index contributed by atoms with van der Waals surface area (Å²) in [6.07, 6.45) is 0.348. The number of anilines is 2. The highest BCUT2D eigenvalue weighted by Crippen LogP contribution is 2.20. The van der Waals surface area contributed by atoms with Crippen molar-refractivity contribution >= 4 is 17.3 Å². The minimum absolute atomic E-state index is 0.270. The van der Waals surface area contributed by atoms with Crippen molar-refractivity contribution in [1.29, 1.82) is 5.26 Å². The van der Waals surface area contributed by atoms with E-state index in [-0.39, 0.29) is 5.91 Å². The number of rotatable bonds is 4. The number of carbonyl (C=O) groups excluding carboxylic acids is 1. The number of amides is 1. The van der Waals surface area contributed by atoms with Gasteiger partial charge >= 0.3 is 0 Å². The molecule has 5 nitrogen and oxygen atoms in total. The molecule has 2 rings (SSSR count). The fourth-order valence-electron chi connectivity index (χ4n) is 1.87. The van der Waals surface area contributed by atoms with Gasteiger partial charge in [0.15, 0.2) is 0 Å². The Hall–Kier alpha value is -3.00. The van der Waals surface area contributed by atoms with Crippen LogP contribution in [0.2, 0.25) is 0 Å². The number of nitrogens with one attached hydrogen (secondary N) is 1. The molecule has 0 saturated heterocycles. The van der Waals surface area contributed by atoms with Gasteiger partial charge in [-0.1, -0.05) is 12.1 Å². The van der Waals surface area contributed by atoms with Crippen LogP contribution in [0.1, 0.15) is 15.9 Å². The summed E-state index contributed by atoms with van der Waals surface area (Å²) in [5.41, 5.74) is 8.17. The van der Waals surface area contributed by atoms with Gasteiger partial charge < -0.3 is 15.8 Å². The molecule has 0 aliphatic carbocycles. The molecule has 0 heterocycles. The zero-order chi connectivity index (χ0) is 15.2. The van der Waals surface area contributed by atoms with E-state index in [0.717, 1.165) is 5.56 Å². The van der Waals surface area contributed by atoms with Crippen molar-refractivity contribution in [2.24, 2.45) is 0 Å². The zero-order valence-electron chi connectivity index (χ0n) is 11.6. The first-order chi connectivity index (χ1) is 10.1. The summed E-state index contributed by atoms with van der Waals surface area (Å²) in [6, 6.07) is 14.1. The Labute approximate surface area is 123 Å². The highest BCUT2D eigenvalue weighted by atomic mass is 16.5. The molecule has 5 heteroatoms. The van der Waals surface area contributed by atoms with Gasteiger partial charge in [-0.3, -0.25) is 4.79 Å². The average Bonchev–Trinajstić information content (AvgIpc) is 2.48. The SMILES string of the molecule is COc1cc(N)cc(C(=O)Nc2ccc(CC#N)cc2)c1. The van der Waals surface area contributed by atoms with Crippen molar-refractivity contribution in [1.82, 2.24) is 0 Å². The third-order valence-electron chi connectivity index (χ3n) is 2.92. The van der Waals surface area contributed by atoms with Gasteiger partial charge in [0.1, 0.15) is 5.75 Å². The number of hydrogen-bond donors (Lipinski definition) is 2. The normalized spacial score (nSPS) is 9.71. The van der Waals surface area contributed by atoms with Crippen LogP contribution in [0.25, 0.3) is 0 Å². The van der Waals surface area contributed by atoms with Crippen LogP contribution in [0.15, 0.2) is 42.5 Å². The van der Waals surface area contributed by atoms with E-state index in [1.54, 1.807) is 42.5 Å². The minimum Gasteiger partial charge on any atom is -0.497 e. The molecule has 2 aromatic rings. The molecule has 2 aromatic carbocycles. The Bertz CT molecular complexity index is 688. The van der Waals surface area contributed by atoms with E-state index in [2.05, 4.69) is 11.4 Å². The van der Waals surface area contributed by atoms with Gasteiger partial charge in [0.2, 0.25) is 0 Å². The minimum atomic E-state index is -0.270. The van der Waals surface area contributed by atoms with Crippen molar-refractivity contribution in [2.75, 3.05) is 18.2 Å². The van der Waals surface area contributed by atoms with Crippen molar-refractivity contribution < 1.29 is 9.53 Å². The van der Waals surface area contributed by atoms with Crippen LogP contribution in [0.4, 0.5) is 11.4 Å². The van der Waals surface area contributed by atoms with Gasteiger partial charge in [-0.25, -0.2) is 0 Å². The fraction of sp³-hybridized carbons (Fsp3) is 0.125. The van der Waals surface area contributed by atoms with E-state index < -0.39 is 0 Å². The van der Waals surface area contributed by atoms with Gasteiger partial charge in [-0.15, -0.1) is 0 Å². The predicted molar refractivity (Wildman–Crippen MR) is 81.1 cm³/mol. The summed E-state index contributed by atoms with van der Waals surface area (Å²) in [4.78, 5) is 12.2. The van der Waals surface area contributed by atoms with Crippen molar-refractivity contribution in [3.63, 3.8) is 0 Å². The first kappa shape index (κ1) is 14.4. The molecule has 21 heavy (non-hydrogen) atoms. The summed E-state index contributed by atoms with van der Waals surface area (Å²) < 4.78 is 5.09. The second kappa shape index (κ2) is 6.44. The smallest absolute Gasteiger partial charge is 0.255 e. The number of carbonyl (C=O) groups is 1. The van der Waals surface area contributed by atoms with Crippen LogP contribution >= 0.6 is 0 Å². The largest absolute Gasteiger partial charge is 0.497 e. The summed E-state index contributed by atoms with van der Waals surface area (Å²) in [6.45, 7) is 0. The predicted octanol–water partition coefficient (Wildman–Crippen LogP) is 2.60. The number of benzene rings is 2. The van der Waals surface area contributed by atoms with Gasteiger partial charge in [-0.05, 0) is 29.8 Å². The first-order valence-corrected chi connectivity index (χ1v) is 6.34. The number of methoxy groups -OCH3 is 1. The molecule has 0 atom stereocenters. The van der Waals surface area contributed by atoms with E-state index >= 15 is 0 Å². The lowest BCUT2D eigenvalue weighted by molar-refractivity contribution is 0.102. The van der Waals surface area contributed by atoms with Gasteiger partial charge in [0.25, 0.3) is 5.91 Å². The zero-order valence-corrected chi connectivity index (χ0v) is 11.6. The fourth-order valence-corrected chi connectivity index (χ4v) is 1.87. The maximum atomic E-state index is 12.2. The molecule has 0 aromatic heterocycles. The second-order valence-corrected chi connectivity index (χ2v) is 4.48. The molecule has 106 valence electrons. The number of hydrogen-bond acceptors (Lipinski definition) is 4. The van der Waals surface area contributed by atoms with Crippen LogP contribution in [-0.4, -0.2) is 13.0 Å². The molecule has 0 saturated carbocycles. The third kappa shape index (κ3) is 3.74. The maximum absolute atomic E-state index is 12.2. The maximum Gasteiger partial charge on any atom is 0.255 e. The second-order valence-electron chi connectivity index (χ2n) is 4.48. The van der Waals surface area contributed by atoms with Gasteiger partial charge in [-0.2, -0.15) is 5.26 Å². The molecule has 0 unspecified atom stereocenters. The topological polar surface area (TPSA) is 88.1 Å². The Kier molecular flexibility index (Phi) is 4.42. The van der Waals surface area contributed by atoms with E-state index in [1.165, 1.54) is 7.11 Å². The molecule has 0 fully saturated rings. The Morgan fingerprint density at radius 2 is 2.00 bits per heavy atom. The Balaban J connectivity index is 2.14. The average molecular weight is 281 g/mol. The molecule has 0 bridgehead atoms. The lowest BCUT2D eigenvalue weighted by Crippen LogP contribution is -2.12. The van der Waals surface area contributed by atoms with Gasteiger partial charge in [0, 0.05) is 23.0 Å². The summed E-state index contributed by atoms with van der Waals surface area (Å²) in [7, 11) is 1.52. The van der Waals surface area contributed by atoms with Crippen LogP contribution in [0.5, 0.6) is 5.75 Å². The number of ether oxygens (including phenoxy) is 1. The highest BCUT2D eigenvalue weighted by Gasteiger charge is 2.09. The molecule has 0 aliphatic rings. The van der Waals surface area contributed by atoms with Gasteiger partial charge in [0.05, 0.1) is 19.6 Å². The monoisotopic (exact) mass is 281 g/mol. The summed E-state index contributed by atoms with van der Waals surface area (Å²) in [5, 5.41) is 11.4. The van der Waals surface area contributed by atoms with Crippen molar-refractivity contribution in [2.45, 2.75) is 6.42 Å². The van der Waals surface area contributed by atoms with Crippen LogP contribution in [-0.2, 0) is 6.42 Å². The number of nitrogens with zero attached hydrogens (tertiary/aromatic N) is 1. The highest BCUT2D eigenvalue weighted by molar-refractivity contribution is 6.05. The number of nitrogens with two attached hydrogens (primary N) is 1. The lowest BCUT2D eigenvalue weighted by Gasteiger charge is -2.08. The summed E-state index contributed by atoms with van der Waals surface area (Å²) >= 11 is 0. The number of nitrogen functional groups attached to an aromatic ring is 1. The van der Waals surface area contributed by atoms with Crippen LogP contribution in [0.3, 0.4) is 0 Å². The molecule has 0 spiro atoms. The molecular formula is C16H15N3O2. The molecule has 1 amide bonds. The molecule has 0 radical (unpaired) electrons. The Morgan fingerprint density at radius 3 is 2.62 bits per heavy atom. The number of nitriles is 1. The van der Waals surface area contributed by atoms with Crippen LogP contribution < -0.4 is 15.8 Å². The Morgan fingerprint density at radius 1 is 1.29 bits per heavy atom. The standard InChI is InChI=1S/C16H15N3O2/c1-21-15-9-12(8-13(18)10-15)16(20)19-14-4-2-11(3-5-14)6-7-17/h2-5,8-10H,6,18H2,1H3,(H,19,20). The quantitative estimate of drug-likeness (QED) is 0.843.